The predicted molar refractivity (Wildman–Crippen MR) is 106 cm³/mol. The Morgan fingerprint density at radius 3 is 2.59 bits per heavy atom. The van der Waals surface area contributed by atoms with Gasteiger partial charge in [-0.2, -0.15) is 9.40 Å². The van der Waals surface area contributed by atoms with Crippen LogP contribution in [0.1, 0.15) is 17.7 Å². The van der Waals surface area contributed by atoms with Gasteiger partial charge in [-0.3, -0.25) is 0 Å². The Morgan fingerprint density at radius 1 is 1.07 bits per heavy atom. The van der Waals surface area contributed by atoms with Crippen molar-refractivity contribution in [3.05, 3.63) is 40.0 Å². The van der Waals surface area contributed by atoms with Crippen LogP contribution in [-0.2, 0) is 22.9 Å². The summed E-state index contributed by atoms with van der Waals surface area (Å²) in [4.78, 5) is 2.29. The van der Waals surface area contributed by atoms with Crippen LogP contribution < -0.4 is 9.64 Å². The van der Waals surface area contributed by atoms with E-state index in [2.05, 4.69) is 37.1 Å². The number of nitrogens with zero attached hydrogens (tertiary/aromatic N) is 4. The average molecular weight is 453 g/mol. The lowest BCUT2D eigenvalue weighted by atomic mass is 10.2. The molecule has 0 amide bonds. The van der Waals surface area contributed by atoms with Gasteiger partial charge in [-0.25, -0.2) is 8.42 Å². The molecule has 1 fully saturated rings. The third kappa shape index (κ3) is 3.55. The van der Waals surface area contributed by atoms with E-state index in [0.29, 0.717) is 36.4 Å². The van der Waals surface area contributed by atoms with Crippen LogP contribution in [0.15, 0.2) is 33.6 Å². The van der Waals surface area contributed by atoms with Gasteiger partial charge in [0.2, 0.25) is 10.0 Å². The number of hydrogen-bond donors (Lipinski definition) is 0. The number of rotatable bonds is 4. The lowest BCUT2D eigenvalue weighted by Gasteiger charge is -2.34. The first-order chi connectivity index (χ1) is 13.0. The lowest BCUT2D eigenvalue weighted by molar-refractivity contribution is 0.373. The minimum Gasteiger partial charge on any atom is -0.495 e. The number of fused-ring (bicyclic) bond motifs is 1. The number of sulfonamides is 1. The molecule has 0 unspecified atom stereocenters. The molecule has 2 heterocycles. The zero-order valence-electron chi connectivity index (χ0n) is 15.1. The molecule has 27 heavy (non-hydrogen) atoms. The van der Waals surface area contributed by atoms with E-state index in [1.54, 1.807) is 18.2 Å². The van der Waals surface area contributed by atoms with Gasteiger partial charge in [0, 0.05) is 30.7 Å². The fourth-order valence-corrected chi connectivity index (χ4v) is 5.74. The second-order valence-corrected chi connectivity index (χ2v) is 9.54. The number of aryl methyl sites for hydroxylation is 2. The van der Waals surface area contributed by atoms with E-state index in [1.165, 1.54) is 17.0 Å². The zero-order chi connectivity index (χ0) is 19.0. The monoisotopic (exact) mass is 452 g/mol. The van der Waals surface area contributed by atoms with Crippen molar-refractivity contribution in [3.63, 3.8) is 0 Å². The SMILES string of the molecule is COc1ccc(Br)cc1S(=O)(=O)N1CCN(c2cc3c(nn2)CCC3)CC1. The highest BCUT2D eigenvalue weighted by atomic mass is 79.9. The quantitative estimate of drug-likeness (QED) is 0.707. The molecule has 1 saturated heterocycles. The number of hydrogen-bond acceptors (Lipinski definition) is 6. The van der Waals surface area contributed by atoms with Crippen LogP contribution in [0.3, 0.4) is 0 Å². The third-order valence-corrected chi connectivity index (χ3v) is 7.53. The van der Waals surface area contributed by atoms with Gasteiger partial charge >= 0.3 is 0 Å². The van der Waals surface area contributed by atoms with Gasteiger partial charge in [0.05, 0.1) is 12.8 Å². The number of halogens is 1. The van der Waals surface area contributed by atoms with Crippen molar-refractivity contribution >= 4 is 31.8 Å². The van der Waals surface area contributed by atoms with Gasteiger partial charge < -0.3 is 9.64 Å². The molecule has 0 bridgehead atoms. The van der Waals surface area contributed by atoms with E-state index in [4.69, 9.17) is 4.74 Å². The summed E-state index contributed by atoms with van der Waals surface area (Å²) in [7, 11) is -2.15. The molecule has 2 aliphatic rings. The Balaban J connectivity index is 1.51. The third-order valence-electron chi connectivity index (χ3n) is 5.11. The highest BCUT2D eigenvalue weighted by Gasteiger charge is 2.31. The normalized spacial score (nSPS) is 17.8. The van der Waals surface area contributed by atoms with Gasteiger partial charge in [-0.05, 0) is 49.1 Å². The number of aromatic nitrogens is 2. The number of benzene rings is 1. The minimum atomic E-state index is -3.63. The van der Waals surface area contributed by atoms with Crippen LogP contribution in [0, 0.1) is 0 Å². The summed E-state index contributed by atoms with van der Waals surface area (Å²) in [5.41, 5.74) is 2.37. The predicted octanol–water partition coefficient (Wildman–Crippen LogP) is 2.25. The van der Waals surface area contributed by atoms with Crippen molar-refractivity contribution in [2.24, 2.45) is 0 Å². The second-order valence-electron chi connectivity index (χ2n) is 6.71. The van der Waals surface area contributed by atoms with E-state index in [-0.39, 0.29) is 4.90 Å². The van der Waals surface area contributed by atoms with Crippen molar-refractivity contribution in [2.45, 2.75) is 24.2 Å². The molecule has 9 heteroatoms. The molecule has 0 N–H and O–H groups in total. The van der Waals surface area contributed by atoms with Crippen LogP contribution in [-0.4, -0.2) is 56.2 Å². The van der Waals surface area contributed by atoms with Gasteiger partial charge in [0.25, 0.3) is 0 Å². The van der Waals surface area contributed by atoms with Crippen molar-refractivity contribution in [3.8, 4) is 5.75 Å². The van der Waals surface area contributed by atoms with E-state index in [0.717, 1.165) is 30.8 Å². The van der Waals surface area contributed by atoms with E-state index in [9.17, 15) is 8.42 Å². The minimum absolute atomic E-state index is 0.185. The Morgan fingerprint density at radius 2 is 1.85 bits per heavy atom. The van der Waals surface area contributed by atoms with E-state index in [1.807, 2.05) is 0 Å². The van der Waals surface area contributed by atoms with Crippen LogP contribution in [0.5, 0.6) is 5.75 Å². The molecule has 1 aliphatic carbocycles. The van der Waals surface area contributed by atoms with E-state index >= 15 is 0 Å². The van der Waals surface area contributed by atoms with E-state index < -0.39 is 10.0 Å². The number of ether oxygens (including phenoxy) is 1. The second kappa shape index (κ2) is 7.37. The number of anilines is 1. The van der Waals surface area contributed by atoms with Gasteiger partial charge in [-0.1, -0.05) is 15.9 Å². The molecule has 0 spiro atoms. The molecule has 1 aliphatic heterocycles. The fraction of sp³-hybridized carbons (Fsp3) is 0.444. The summed E-state index contributed by atoms with van der Waals surface area (Å²) in [6.45, 7) is 1.97. The molecular formula is C18H21BrN4O3S. The molecule has 4 rings (SSSR count). The largest absolute Gasteiger partial charge is 0.495 e. The summed E-state index contributed by atoms with van der Waals surface area (Å²) in [6, 6.07) is 7.12. The zero-order valence-corrected chi connectivity index (χ0v) is 17.5. The standard InChI is InChI=1S/C18H21BrN4O3S/c1-26-16-6-5-14(19)12-17(16)27(24,25)23-9-7-22(8-10-23)18-11-13-3-2-4-15(13)20-21-18/h5-6,11-12H,2-4,7-10H2,1H3. The van der Waals surface area contributed by atoms with Gasteiger partial charge in [-0.15, -0.1) is 5.10 Å². The molecule has 1 aromatic heterocycles. The maximum absolute atomic E-state index is 13.1. The van der Waals surface area contributed by atoms with Gasteiger partial charge in [0.15, 0.2) is 5.82 Å². The molecule has 0 saturated carbocycles. The molecular weight excluding hydrogens is 432 g/mol. The first kappa shape index (κ1) is 18.6. The molecule has 1 aromatic carbocycles. The molecule has 7 nitrogen and oxygen atoms in total. The fourth-order valence-electron chi connectivity index (χ4n) is 3.62. The van der Waals surface area contributed by atoms with Crippen LogP contribution in [0.4, 0.5) is 5.82 Å². The Kier molecular flexibility index (Phi) is 5.09. The molecule has 0 radical (unpaired) electrons. The average Bonchev–Trinajstić information content (AvgIpc) is 3.16. The lowest BCUT2D eigenvalue weighted by Crippen LogP contribution is -2.49. The van der Waals surface area contributed by atoms with Crippen molar-refractivity contribution in [2.75, 3.05) is 38.2 Å². The van der Waals surface area contributed by atoms with Crippen LogP contribution >= 0.6 is 15.9 Å². The summed E-state index contributed by atoms with van der Waals surface area (Å²) in [6.07, 6.45) is 3.19. The highest BCUT2D eigenvalue weighted by Crippen LogP contribution is 2.31. The topological polar surface area (TPSA) is 75.6 Å². The van der Waals surface area contributed by atoms with Crippen molar-refractivity contribution in [1.29, 1.82) is 0 Å². The van der Waals surface area contributed by atoms with Crippen molar-refractivity contribution < 1.29 is 13.2 Å². The summed E-state index contributed by atoms with van der Waals surface area (Å²) in [5, 5.41) is 8.68. The van der Waals surface area contributed by atoms with Crippen LogP contribution in [0.2, 0.25) is 0 Å². The number of methoxy groups -OCH3 is 1. The molecule has 0 atom stereocenters. The Hall–Kier alpha value is -1.71. The summed E-state index contributed by atoms with van der Waals surface area (Å²) in [5.74, 6) is 1.19. The smallest absolute Gasteiger partial charge is 0.246 e. The highest BCUT2D eigenvalue weighted by molar-refractivity contribution is 9.10. The molecule has 144 valence electrons. The first-order valence-electron chi connectivity index (χ1n) is 8.93. The maximum Gasteiger partial charge on any atom is 0.246 e. The van der Waals surface area contributed by atoms with Gasteiger partial charge in [0.1, 0.15) is 10.6 Å². The van der Waals surface area contributed by atoms with Crippen molar-refractivity contribution in [1.82, 2.24) is 14.5 Å². The summed E-state index contributed by atoms with van der Waals surface area (Å²) < 4.78 is 33.7. The maximum atomic E-state index is 13.1. The molecule has 2 aromatic rings. The Bertz CT molecular complexity index is 959. The van der Waals surface area contributed by atoms with Crippen LogP contribution in [0.25, 0.3) is 0 Å². The Labute approximate surface area is 167 Å². The summed E-state index contributed by atoms with van der Waals surface area (Å²) >= 11 is 3.34. The first-order valence-corrected chi connectivity index (χ1v) is 11.2. The number of piperazine rings is 1.